The number of aliphatic hydroxyl groups is 1. The van der Waals surface area contributed by atoms with Gasteiger partial charge in [0, 0.05) is 22.0 Å². The Morgan fingerprint density at radius 2 is 2.05 bits per heavy atom. The van der Waals surface area contributed by atoms with Crippen molar-refractivity contribution in [2.75, 3.05) is 13.7 Å². The molecule has 0 heterocycles. The first kappa shape index (κ1) is 16.3. The predicted octanol–water partition coefficient (Wildman–Crippen LogP) is 3.89. The molecule has 5 heteroatoms. The lowest BCUT2D eigenvalue weighted by atomic mass is 9.89. The van der Waals surface area contributed by atoms with E-state index in [2.05, 4.69) is 15.9 Å². The molecule has 0 saturated heterocycles. The summed E-state index contributed by atoms with van der Waals surface area (Å²) in [6.07, 6.45) is -0.752. The van der Waals surface area contributed by atoms with Crippen LogP contribution >= 0.6 is 27.5 Å². The molecule has 3 N–H and O–H groups in total. The Balaban J connectivity index is 2.38. The molecule has 0 fully saturated rings. The molecule has 0 aliphatic heterocycles. The van der Waals surface area contributed by atoms with Crippen LogP contribution in [0.3, 0.4) is 0 Å². The van der Waals surface area contributed by atoms with E-state index in [9.17, 15) is 5.11 Å². The molecule has 2 unspecified atom stereocenters. The molecule has 0 aliphatic rings. The first-order chi connectivity index (χ1) is 10.1. The van der Waals surface area contributed by atoms with Gasteiger partial charge in [-0.15, -0.1) is 0 Å². The van der Waals surface area contributed by atoms with Gasteiger partial charge in [0.05, 0.1) is 13.2 Å². The highest BCUT2D eigenvalue weighted by molar-refractivity contribution is 9.10. The van der Waals surface area contributed by atoms with E-state index in [1.807, 2.05) is 36.4 Å². The van der Waals surface area contributed by atoms with Crippen LogP contribution in [0.25, 0.3) is 0 Å². The Hall–Kier alpha value is -1.07. The summed E-state index contributed by atoms with van der Waals surface area (Å²) in [6.45, 7) is 0.311. The summed E-state index contributed by atoms with van der Waals surface area (Å²) in [6, 6.07) is 12.9. The molecule has 0 bridgehead atoms. The van der Waals surface area contributed by atoms with Crippen molar-refractivity contribution < 1.29 is 9.84 Å². The summed E-state index contributed by atoms with van der Waals surface area (Å²) in [5.41, 5.74) is 7.51. The molecular weight excluding hydrogens is 354 g/mol. The van der Waals surface area contributed by atoms with Gasteiger partial charge in [-0.2, -0.15) is 0 Å². The maximum absolute atomic E-state index is 10.7. The van der Waals surface area contributed by atoms with Crippen LogP contribution in [-0.2, 0) is 0 Å². The molecule has 0 aromatic heterocycles. The van der Waals surface area contributed by atoms with Gasteiger partial charge in [-0.3, -0.25) is 0 Å². The van der Waals surface area contributed by atoms with Crippen molar-refractivity contribution in [3.8, 4) is 5.75 Å². The Kier molecular flexibility index (Phi) is 5.65. The second kappa shape index (κ2) is 7.27. The molecule has 0 saturated carbocycles. The average Bonchev–Trinajstić information content (AvgIpc) is 2.48. The third-order valence-corrected chi connectivity index (χ3v) is 4.39. The first-order valence-electron chi connectivity index (χ1n) is 6.54. The molecule has 2 atom stereocenters. The molecule has 3 nitrogen and oxygen atoms in total. The monoisotopic (exact) mass is 369 g/mol. The number of methoxy groups -OCH3 is 1. The van der Waals surface area contributed by atoms with E-state index < -0.39 is 6.10 Å². The quantitative estimate of drug-likeness (QED) is 0.839. The molecule has 0 aliphatic carbocycles. The second-order valence-corrected chi connectivity index (χ2v) is 6.02. The lowest BCUT2D eigenvalue weighted by molar-refractivity contribution is 0.146. The van der Waals surface area contributed by atoms with Crippen LogP contribution in [0, 0.1) is 0 Å². The van der Waals surface area contributed by atoms with Crippen molar-refractivity contribution >= 4 is 27.5 Å². The molecular formula is C16H17BrClNO2. The predicted molar refractivity (Wildman–Crippen MR) is 88.9 cm³/mol. The third-order valence-electron chi connectivity index (χ3n) is 3.43. The number of hydrogen-bond donors (Lipinski definition) is 2. The third kappa shape index (κ3) is 3.77. The fourth-order valence-electron chi connectivity index (χ4n) is 2.28. The number of benzene rings is 2. The average molecular weight is 371 g/mol. The summed E-state index contributed by atoms with van der Waals surface area (Å²) in [4.78, 5) is 0. The minimum absolute atomic E-state index is 0.243. The Morgan fingerprint density at radius 3 is 2.67 bits per heavy atom. The van der Waals surface area contributed by atoms with Crippen molar-refractivity contribution in [1.29, 1.82) is 0 Å². The molecule has 21 heavy (non-hydrogen) atoms. The second-order valence-electron chi connectivity index (χ2n) is 4.73. The molecule has 0 radical (unpaired) electrons. The molecule has 2 aromatic carbocycles. The number of ether oxygens (including phenoxy) is 1. The van der Waals surface area contributed by atoms with Crippen LogP contribution in [-0.4, -0.2) is 18.8 Å². The number of hydrogen-bond acceptors (Lipinski definition) is 3. The lowest BCUT2D eigenvalue weighted by Gasteiger charge is -2.23. The van der Waals surface area contributed by atoms with Gasteiger partial charge < -0.3 is 15.6 Å². The SMILES string of the molecule is COc1ccc(Br)c(C(O)C(CN)c2cccc(Cl)c2)c1. The molecule has 0 amide bonds. The van der Waals surface area contributed by atoms with Gasteiger partial charge in [-0.25, -0.2) is 0 Å². The highest BCUT2D eigenvalue weighted by atomic mass is 79.9. The van der Waals surface area contributed by atoms with Crippen molar-refractivity contribution in [3.63, 3.8) is 0 Å². The summed E-state index contributed by atoms with van der Waals surface area (Å²) in [5, 5.41) is 11.3. The molecule has 112 valence electrons. The van der Waals surface area contributed by atoms with Crippen molar-refractivity contribution in [2.24, 2.45) is 5.73 Å². The van der Waals surface area contributed by atoms with E-state index in [1.165, 1.54) is 0 Å². The van der Waals surface area contributed by atoms with Crippen molar-refractivity contribution in [2.45, 2.75) is 12.0 Å². The Morgan fingerprint density at radius 1 is 1.29 bits per heavy atom. The maximum Gasteiger partial charge on any atom is 0.119 e. The van der Waals surface area contributed by atoms with Gasteiger partial charge in [-0.1, -0.05) is 39.7 Å². The Bertz CT molecular complexity index is 621. The van der Waals surface area contributed by atoms with E-state index in [1.54, 1.807) is 13.2 Å². The zero-order valence-corrected chi connectivity index (χ0v) is 13.9. The van der Waals surface area contributed by atoms with E-state index in [4.69, 9.17) is 22.1 Å². The largest absolute Gasteiger partial charge is 0.497 e. The first-order valence-corrected chi connectivity index (χ1v) is 7.71. The van der Waals surface area contributed by atoms with E-state index in [-0.39, 0.29) is 5.92 Å². The summed E-state index contributed by atoms with van der Waals surface area (Å²) < 4.78 is 6.03. The minimum atomic E-state index is -0.752. The van der Waals surface area contributed by atoms with Gasteiger partial charge in [0.15, 0.2) is 0 Å². The van der Waals surface area contributed by atoms with E-state index in [0.29, 0.717) is 17.3 Å². The van der Waals surface area contributed by atoms with Gasteiger partial charge in [0.2, 0.25) is 0 Å². The summed E-state index contributed by atoms with van der Waals surface area (Å²) >= 11 is 9.49. The highest BCUT2D eigenvalue weighted by Gasteiger charge is 2.24. The normalized spacial score (nSPS) is 13.8. The van der Waals surface area contributed by atoms with Gasteiger partial charge in [0.1, 0.15) is 5.75 Å². The standard InChI is InChI=1S/C16H17BrClNO2/c1-21-12-5-6-15(17)13(8-12)16(20)14(9-19)10-3-2-4-11(18)7-10/h2-8,14,16,20H,9,19H2,1H3. The van der Waals surface area contributed by atoms with Gasteiger partial charge in [-0.05, 0) is 41.5 Å². The minimum Gasteiger partial charge on any atom is -0.497 e. The topological polar surface area (TPSA) is 55.5 Å². The summed E-state index contributed by atoms with van der Waals surface area (Å²) in [7, 11) is 1.59. The fourth-order valence-corrected chi connectivity index (χ4v) is 2.96. The molecule has 2 rings (SSSR count). The van der Waals surface area contributed by atoms with Crippen LogP contribution in [0.4, 0.5) is 0 Å². The van der Waals surface area contributed by atoms with Crippen LogP contribution in [0.2, 0.25) is 5.02 Å². The zero-order valence-electron chi connectivity index (χ0n) is 11.6. The van der Waals surface area contributed by atoms with E-state index >= 15 is 0 Å². The van der Waals surface area contributed by atoms with Crippen LogP contribution in [0.15, 0.2) is 46.9 Å². The number of aliphatic hydroxyl groups excluding tert-OH is 1. The van der Waals surface area contributed by atoms with E-state index in [0.717, 1.165) is 15.6 Å². The van der Waals surface area contributed by atoms with Crippen LogP contribution in [0.5, 0.6) is 5.75 Å². The lowest BCUT2D eigenvalue weighted by Crippen LogP contribution is -2.20. The van der Waals surface area contributed by atoms with Crippen molar-refractivity contribution in [1.82, 2.24) is 0 Å². The van der Waals surface area contributed by atoms with Crippen LogP contribution < -0.4 is 10.5 Å². The molecule has 2 aromatic rings. The van der Waals surface area contributed by atoms with Crippen LogP contribution in [0.1, 0.15) is 23.1 Å². The fraction of sp³-hybridized carbons (Fsp3) is 0.250. The smallest absolute Gasteiger partial charge is 0.119 e. The Labute approximate surface area is 137 Å². The highest BCUT2D eigenvalue weighted by Crippen LogP contribution is 2.36. The number of rotatable bonds is 5. The van der Waals surface area contributed by atoms with Crippen molar-refractivity contribution in [3.05, 3.63) is 63.1 Å². The zero-order chi connectivity index (χ0) is 15.4. The maximum atomic E-state index is 10.7. The van der Waals surface area contributed by atoms with Gasteiger partial charge >= 0.3 is 0 Å². The summed E-state index contributed by atoms with van der Waals surface area (Å²) in [5.74, 6) is 0.446. The van der Waals surface area contributed by atoms with Gasteiger partial charge in [0.25, 0.3) is 0 Å². The molecule has 0 spiro atoms. The number of halogens is 2. The number of nitrogens with two attached hydrogens (primary N) is 1.